The molecule has 4 aromatic rings. The molecule has 0 fully saturated rings. The van der Waals surface area contributed by atoms with E-state index >= 15 is 0 Å². The van der Waals surface area contributed by atoms with Crippen LogP contribution in [-0.2, 0) is 18.9 Å². The molecule has 0 nitrogen and oxygen atoms in total. The Hall–Kier alpha value is -1.01. The molecule has 32 heavy (non-hydrogen) atoms. The fourth-order valence-electron chi connectivity index (χ4n) is 3.65. The summed E-state index contributed by atoms with van der Waals surface area (Å²) < 4.78 is 1.24. The summed E-state index contributed by atoms with van der Waals surface area (Å²) in [5, 5.41) is 5.60. The maximum atomic E-state index is 5.54. The second kappa shape index (κ2) is 13.6. The first kappa shape index (κ1) is 27.2. The summed E-state index contributed by atoms with van der Waals surface area (Å²) in [5.74, 6) is 1.36. The van der Waals surface area contributed by atoms with Crippen LogP contribution < -0.4 is 0 Å². The summed E-state index contributed by atoms with van der Waals surface area (Å²) in [7, 11) is 11.1. The van der Waals surface area contributed by atoms with Crippen molar-refractivity contribution in [2.24, 2.45) is 0 Å². The van der Waals surface area contributed by atoms with Gasteiger partial charge in [-0.2, -0.15) is 11.1 Å². The van der Waals surface area contributed by atoms with Gasteiger partial charge >= 0.3 is 53.0 Å². The van der Waals surface area contributed by atoms with Crippen molar-refractivity contribution in [3.63, 3.8) is 0 Å². The van der Waals surface area contributed by atoms with Crippen LogP contribution in [0.4, 0.5) is 0 Å². The summed E-state index contributed by atoms with van der Waals surface area (Å²) in [4.78, 5) is 0. The van der Waals surface area contributed by atoms with Gasteiger partial charge in [0.1, 0.15) is 0 Å². The Bertz CT molecular complexity index is 1030. The number of fused-ring (bicyclic) bond motifs is 2. The molecule has 0 spiro atoms. The van der Waals surface area contributed by atoms with E-state index in [0.29, 0.717) is 11.8 Å². The molecule has 0 amide bonds. The van der Waals surface area contributed by atoms with Gasteiger partial charge in [0, 0.05) is 0 Å². The Kier molecular flexibility index (Phi) is 11.6. The van der Waals surface area contributed by atoms with E-state index in [1.807, 2.05) is 13.8 Å². The first-order valence-corrected chi connectivity index (χ1v) is 19.1. The second-order valence-corrected chi connectivity index (χ2v) is 18.0. The number of hydrogen-bond donors (Lipinski definition) is 0. The van der Waals surface area contributed by atoms with Crippen molar-refractivity contribution in [1.82, 2.24) is 0 Å². The second-order valence-electron chi connectivity index (χ2n) is 8.63. The molecule has 2 atom stereocenters. The van der Waals surface area contributed by atoms with Crippen molar-refractivity contribution in [3.05, 3.63) is 83.9 Å². The number of halogens is 2. The van der Waals surface area contributed by atoms with Crippen LogP contribution in [0.5, 0.6) is 0 Å². The standard InChI is InChI=1S/2C13H15.C3H6.2ClH.Zr/c2*1-3-10(2)12-9-8-11-6-4-5-7-13(11)12;1-3-2;;;/h2*4-10H,3H2,1-2H3;1-2H3;2*1H;/q2*-1;;;;+2/p-2. The van der Waals surface area contributed by atoms with E-state index in [4.69, 9.17) is 17.0 Å². The van der Waals surface area contributed by atoms with Crippen molar-refractivity contribution in [1.29, 1.82) is 0 Å². The Morgan fingerprint density at radius 3 is 1.41 bits per heavy atom. The maximum absolute atomic E-state index is 5.54. The van der Waals surface area contributed by atoms with E-state index in [0.717, 1.165) is 0 Å². The van der Waals surface area contributed by atoms with Crippen LogP contribution >= 0.6 is 17.0 Å². The van der Waals surface area contributed by atoms with E-state index in [1.165, 1.54) is 48.7 Å². The Balaban J connectivity index is 0.000000183. The molecule has 0 aliphatic heterocycles. The average molecular weight is 547 g/mol. The van der Waals surface area contributed by atoms with Crippen LogP contribution in [0.3, 0.4) is 0 Å². The molecule has 4 aromatic carbocycles. The minimum atomic E-state index is -1.84. The number of rotatable bonds is 4. The van der Waals surface area contributed by atoms with Crippen LogP contribution in [0.2, 0.25) is 0 Å². The SMILES string of the molecule is CCC(C)c1c[cH-]c2ccccc12.CCC(C)c1c[cH-]c2ccccc12.C[C](C)=[Zr]([Cl])[Cl]. The predicted molar refractivity (Wildman–Crippen MR) is 145 cm³/mol. The molecule has 172 valence electrons. The predicted octanol–water partition coefficient (Wildman–Crippen LogP) is 10.3. The molecule has 3 heteroatoms. The quantitative estimate of drug-likeness (QED) is 0.223. The summed E-state index contributed by atoms with van der Waals surface area (Å²) >= 11 is -1.84. The van der Waals surface area contributed by atoms with E-state index < -0.39 is 18.9 Å². The van der Waals surface area contributed by atoms with Crippen molar-refractivity contribution in [2.45, 2.75) is 66.2 Å². The molecule has 0 saturated carbocycles. The van der Waals surface area contributed by atoms with Gasteiger partial charge in [-0.1, -0.05) is 64.5 Å². The van der Waals surface area contributed by atoms with Gasteiger partial charge in [0.15, 0.2) is 0 Å². The number of hydrogen-bond acceptors (Lipinski definition) is 0. The Morgan fingerprint density at radius 2 is 1.09 bits per heavy atom. The molecule has 0 saturated heterocycles. The molecule has 2 unspecified atom stereocenters. The van der Waals surface area contributed by atoms with Gasteiger partial charge in [-0.05, 0) is 0 Å². The Labute approximate surface area is 209 Å². The van der Waals surface area contributed by atoms with Gasteiger partial charge in [0.2, 0.25) is 0 Å². The number of benzene rings is 2. The molecule has 4 rings (SSSR count). The molecular weight excluding hydrogens is 510 g/mol. The molecular formula is C29H36Cl2Zr-2. The molecule has 0 aliphatic rings. The monoisotopic (exact) mass is 544 g/mol. The zero-order chi connectivity index (χ0) is 23.7. The van der Waals surface area contributed by atoms with Crippen molar-refractivity contribution >= 4 is 41.8 Å². The third-order valence-corrected chi connectivity index (χ3v) is 12.4. The average Bonchev–Trinajstić information content (AvgIpc) is 3.43. The fraction of sp³-hybridized carbons (Fsp3) is 0.345. The summed E-state index contributed by atoms with van der Waals surface area (Å²) in [5.41, 5.74) is 3.00. The van der Waals surface area contributed by atoms with E-state index in [2.05, 4.69) is 100 Å². The van der Waals surface area contributed by atoms with E-state index in [9.17, 15) is 0 Å². The van der Waals surface area contributed by atoms with Crippen LogP contribution in [0, 0.1) is 0 Å². The van der Waals surface area contributed by atoms with E-state index in [-0.39, 0.29) is 0 Å². The summed E-state index contributed by atoms with van der Waals surface area (Å²) in [6.07, 6.45) is 2.43. The van der Waals surface area contributed by atoms with Gasteiger partial charge in [-0.25, -0.2) is 0 Å². The van der Waals surface area contributed by atoms with Crippen molar-refractivity contribution in [2.75, 3.05) is 0 Å². The van der Waals surface area contributed by atoms with Crippen molar-refractivity contribution < 1.29 is 18.9 Å². The van der Waals surface area contributed by atoms with Crippen LogP contribution in [0.25, 0.3) is 21.5 Å². The van der Waals surface area contributed by atoms with Gasteiger partial charge < -0.3 is 0 Å². The first-order valence-electron chi connectivity index (χ1n) is 11.6. The third-order valence-electron chi connectivity index (χ3n) is 6.09. The molecule has 0 bridgehead atoms. The first-order chi connectivity index (χ1) is 15.3. The van der Waals surface area contributed by atoms with Gasteiger partial charge in [-0.15, -0.1) is 82.2 Å². The summed E-state index contributed by atoms with van der Waals surface area (Å²) in [6, 6.07) is 26.2. The molecule has 0 aliphatic carbocycles. The van der Waals surface area contributed by atoms with Crippen LogP contribution in [0.15, 0.2) is 72.8 Å². The normalized spacial score (nSPS) is 12.4. The summed E-state index contributed by atoms with van der Waals surface area (Å²) in [6.45, 7) is 13.0. The van der Waals surface area contributed by atoms with Crippen LogP contribution in [-0.4, -0.2) is 3.21 Å². The fourth-order valence-corrected chi connectivity index (χ4v) is 3.65. The molecule has 0 radical (unpaired) electrons. The minimum absolute atomic E-state index is 0.680. The molecule has 0 heterocycles. The van der Waals surface area contributed by atoms with Crippen LogP contribution in [0.1, 0.15) is 77.3 Å². The Morgan fingerprint density at radius 1 is 0.750 bits per heavy atom. The van der Waals surface area contributed by atoms with E-state index in [1.54, 1.807) is 0 Å². The zero-order valence-corrected chi connectivity index (χ0v) is 24.2. The zero-order valence-electron chi connectivity index (χ0n) is 20.3. The van der Waals surface area contributed by atoms with Gasteiger partial charge in [-0.3, -0.25) is 0 Å². The third kappa shape index (κ3) is 7.51. The molecule has 0 aromatic heterocycles. The topological polar surface area (TPSA) is 0 Å². The van der Waals surface area contributed by atoms with Gasteiger partial charge in [0.05, 0.1) is 0 Å². The molecule has 0 N–H and O–H groups in total. The van der Waals surface area contributed by atoms with Crippen molar-refractivity contribution in [3.8, 4) is 0 Å². The van der Waals surface area contributed by atoms with Gasteiger partial charge in [0.25, 0.3) is 0 Å².